The van der Waals surface area contributed by atoms with Crippen LogP contribution in [0.15, 0.2) is 30.3 Å². The normalized spacial score (nSPS) is 10.8. The highest BCUT2D eigenvalue weighted by Crippen LogP contribution is 2.28. The summed E-state index contributed by atoms with van der Waals surface area (Å²) >= 11 is 0. The monoisotopic (exact) mass is 284 g/mol. The van der Waals surface area contributed by atoms with Gasteiger partial charge in [-0.25, -0.2) is 0 Å². The second-order valence-corrected chi connectivity index (χ2v) is 10.5. The number of hydrogen-bond donors (Lipinski definition) is 0. The Morgan fingerprint density at radius 1 is 0.900 bits per heavy atom. The fourth-order valence-corrected chi connectivity index (χ4v) is 2.41. The van der Waals surface area contributed by atoms with Crippen LogP contribution >= 0.6 is 0 Å². The van der Waals surface area contributed by atoms with Crippen LogP contribution in [0, 0.1) is 11.5 Å². The highest BCUT2D eigenvalue weighted by molar-refractivity contribution is 6.83. The van der Waals surface area contributed by atoms with Gasteiger partial charge in [-0.3, -0.25) is 0 Å². The number of fused-ring (bicyclic) bond motifs is 1. The van der Waals surface area contributed by atoms with E-state index in [2.05, 4.69) is 37.2 Å². The van der Waals surface area contributed by atoms with Gasteiger partial charge < -0.3 is 9.47 Å². The van der Waals surface area contributed by atoms with E-state index in [1.807, 2.05) is 24.3 Å². The Bertz CT molecular complexity index is 688. The van der Waals surface area contributed by atoms with Crippen molar-refractivity contribution >= 4 is 18.8 Å². The van der Waals surface area contributed by atoms with Crippen molar-refractivity contribution in [3.8, 4) is 23.0 Å². The molecule has 0 spiro atoms. The standard InChI is InChI=1S/C17H20O2Si/c1-18-16-7-6-13-10-14(8-9-20(3,4)5)17(19-2)12-15(13)11-16/h6-7,10-12H,1-5H3. The predicted molar refractivity (Wildman–Crippen MR) is 87.3 cm³/mol. The lowest BCUT2D eigenvalue weighted by atomic mass is 10.1. The first-order chi connectivity index (χ1) is 9.43. The summed E-state index contributed by atoms with van der Waals surface area (Å²) in [4.78, 5) is 0. The number of hydrogen-bond acceptors (Lipinski definition) is 2. The lowest BCUT2D eigenvalue weighted by molar-refractivity contribution is 0.413. The zero-order chi connectivity index (χ0) is 14.8. The molecule has 0 saturated carbocycles. The second kappa shape index (κ2) is 5.60. The Labute approximate surface area is 121 Å². The lowest BCUT2D eigenvalue weighted by Gasteiger charge is -2.09. The number of ether oxygens (including phenoxy) is 2. The number of rotatable bonds is 2. The third-order valence-corrected chi connectivity index (χ3v) is 3.81. The molecular formula is C17H20O2Si. The highest BCUT2D eigenvalue weighted by atomic mass is 28.3. The molecule has 2 aromatic carbocycles. The van der Waals surface area contributed by atoms with Crippen molar-refractivity contribution in [1.29, 1.82) is 0 Å². The van der Waals surface area contributed by atoms with E-state index in [4.69, 9.17) is 9.47 Å². The van der Waals surface area contributed by atoms with Crippen LogP contribution in [0.2, 0.25) is 19.6 Å². The van der Waals surface area contributed by atoms with Crippen LogP contribution in [0.3, 0.4) is 0 Å². The van der Waals surface area contributed by atoms with Crippen LogP contribution in [0.4, 0.5) is 0 Å². The average Bonchev–Trinajstić information content (AvgIpc) is 2.42. The van der Waals surface area contributed by atoms with Gasteiger partial charge in [0.1, 0.15) is 19.6 Å². The van der Waals surface area contributed by atoms with Gasteiger partial charge in [0.2, 0.25) is 0 Å². The fraction of sp³-hybridized carbons (Fsp3) is 0.294. The minimum absolute atomic E-state index is 0.816. The summed E-state index contributed by atoms with van der Waals surface area (Å²) in [5, 5.41) is 2.24. The molecule has 0 aliphatic carbocycles. The van der Waals surface area contributed by atoms with Gasteiger partial charge in [0.15, 0.2) is 0 Å². The summed E-state index contributed by atoms with van der Waals surface area (Å²) in [6, 6.07) is 10.1. The van der Waals surface area contributed by atoms with Gasteiger partial charge in [-0.15, -0.1) is 5.54 Å². The first-order valence-corrected chi connectivity index (χ1v) is 10.1. The van der Waals surface area contributed by atoms with Crippen molar-refractivity contribution in [2.24, 2.45) is 0 Å². The quantitative estimate of drug-likeness (QED) is 0.611. The van der Waals surface area contributed by atoms with Crippen LogP contribution in [0.5, 0.6) is 11.5 Å². The van der Waals surface area contributed by atoms with E-state index in [0.29, 0.717) is 0 Å². The lowest BCUT2D eigenvalue weighted by Crippen LogP contribution is -2.16. The fourth-order valence-electron chi connectivity index (χ4n) is 1.90. The van der Waals surface area contributed by atoms with Crippen LogP contribution in [-0.2, 0) is 0 Å². The molecule has 0 aliphatic heterocycles. The second-order valence-electron chi connectivity index (χ2n) is 5.77. The van der Waals surface area contributed by atoms with Crippen molar-refractivity contribution in [3.05, 3.63) is 35.9 Å². The first kappa shape index (κ1) is 14.5. The molecular weight excluding hydrogens is 264 g/mol. The summed E-state index contributed by atoms with van der Waals surface area (Å²) in [6.45, 7) is 6.70. The Hall–Kier alpha value is -1.92. The molecule has 2 aromatic rings. The van der Waals surface area contributed by atoms with E-state index in [-0.39, 0.29) is 0 Å². The Kier molecular flexibility index (Phi) is 4.06. The number of benzene rings is 2. The molecule has 0 atom stereocenters. The van der Waals surface area contributed by atoms with Crippen molar-refractivity contribution < 1.29 is 9.47 Å². The molecule has 2 nitrogen and oxygen atoms in total. The van der Waals surface area contributed by atoms with Gasteiger partial charge in [-0.1, -0.05) is 31.6 Å². The van der Waals surface area contributed by atoms with Crippen LogP contribution < -0.4 is 9.47 Å². The van der Waals surface area contributed by atoms with Crippen molar-refractivity contribution in [1.82, 2.24) is 0 Å². The molecule has 104 valence electrons. The minimum Gasteiger partial charge on any atom is -0.497 e. The van der Waals surface area contributed by atoms with E-state index in [1.165, 1.54) is 0 Å². The van der Waals surface area contributed by atoms with Crippen molar-refractivity contribution in [2.45, 2.75) is 19.6 Å². The summed E-state index contributed by atoms with van der Waals surface area (Å²) in [5.41, 5.74) is 4.34. The molecule has 0 aromatic heterocycles. The first-order valence-electron chi connectivity index (χ1n) is 6.62. The number of methoxy groups -OCH3 is 2. The maximum atomic E-state index is 5.46. The van der Waals surface area contributed by atoms with Gasteiger partial charge in [0.05, 0.1) is 19.8 Å². The largest absolute Gasteiger partial charge is 0.497 e. The maximum absolute atomic E-state index is 5.46. The van der Waals surface area contributed by atoms with E-state index in [0.717, 1.165) is 27.8 Å². The van der Waals surface area contributed by atoms with Gasteiger partial charge in [0, 0.05) is 0 Å². The van der Waals surface area contributed by atoms with E-state index < -0.39 is 8.07 Å². The third-order valence-electron chi connectivity index (χ3n) is 2.94. The molecule has 0 unspecified atom stereocenters. The zero-order valence-electron chi connectivity index (χ0n) is 12.7. The average molecular weight is 284 g/mol. The smallest absolute Gasteiger partial charge is 0.135 e. The zero-order valence-corrected chi connectivity index (χ0v) is 13.7. The molecule has 0 fully saturated rings. The van der Waals surface area contributed by atoms with E-state index in [1.54, 1.807) is 14.2 Å². The van der Waals surface area contributed by atoms with E-state index in [9.17, 15) is 0 Å². The van der Waals surface area contributed by atoms with Crippen molar-refractivity contribution in [2.75, 3.05) is 14.2 Å². The third kappa shape index (κ3) is 3.34. The minimum atomic E-state index is -1.39. The van der Waals surface area contributed by atoms with Crippen molar-refractivity contribution in [3.63, 3.8) is 0 Å². The van der Waals surface area contributed by atoms with Crippen LogP contribution in [0.1, 0.15) is 5.56 Å². The highest BCUT2D eigenvalue weighted by Gasteiger charge is 2.09. The van der Waals surface area contributed by atoms with E-state index >= 15 is 0 Å². The van der Waals surface area contributed by atoms with Gasteiger partial charge in [-0.2, -0.15) is 0 Å². The Morgan fingerprint density at radius 2 is 1.65 bits per heavy atom. The summed E-state index contributed by atoms with van der Waals surface area (Å²) in [5.74, 6) is 4.94. The molecule has 3 heteroatoms. The molecule has 0 heterocycles. The Morgan fingerprint density at radius 3 is 2.25 bits per heavy atom. The molecule has 0 N–H and O–H groups in total. The molecule has 0 bridgehead atoms. The molecule has 0 amide bonds. The van der Waals surface area contributed by atoms with Gasteiger partial charge in [-0.05, 0) is 35.0 Å². The predicted octanol–water partition coefficient (Wildman–Crippen LogP) is 4.09. The molecule has 20 heavy (non-hydrogen) atoms. The molecule has 0 radical (unpaired) electrons. The van der Waals surface area contributed by atoms with Gasteiger partial charge in [0.25, 0.3) is 0 Å². The molecule has 0 saturated heterocycles. The molecule has 2 rings (SSSR count). The van der Waals surface area contributed by atoms with Crippen LogP contribution in [-0.4, -0.2) is 22.3 Å². The molecule has 0 aliphatic rings. The summed E-state index contributed by atoms with van der Waals surface area (Å²) < 4.78 is 10.7. The maximum Gasteiger partial charge on any atom is 0.135 e. The topological polar surface area (TPSA) is 18.5 Å². The SMILES string of the molecule is COc1ccc2cc(C#C[Si](C)(C)C)c(OC)cc2c1. The van der Waals surface area contributed by atoms with Gasteiger partial charge >= 0.3 is 0 Å². The summed E-state index contributed by atoms with van der Waals surface area (Å²) in [6.07, 6.45) is 0. The van der Waals surface area contributed by atoms with Crippen LogP contribution in [0.25, 0.3) is 10.8 Å². The summed E-state index contributed by atoms with van der Waals surface area (Å²) in [7, 11) is 1.96. The Balaban J connectivity index is 2.57.